The number of nitrogen functional groups attached to an aromatic ring is 1. The van der Waals surface area contributed by atoms with Gasteiger partial charge in [-0.15, -0.1) is 0 Å². The molecule has 0 saturated heterocycles. The molecule has 122 valence electrons. The quantitative estimate of drug-likeness (QED) is 0.569. The molecule has 3 N–H and O–H groups in total. The van der Waals surface area contributed by atoms with Gasteiger partial charge in [0.25, 0.3) is 5.56 Å². The van der Waals surface area contributed by atoms with Gasteiger partial charge in [0.2, 0.25) is 0 Å². The molecule has 0 aliphatic carbocycles. The van der Waals surface area contributed by atoms with Crippen molar-refractivity contribution in [1.29, 1.82) is 0 Å². The maximum absolute atomic E-state index is 12.9. The Hall–Kier alpha value is -3.08. The number of nitrogens with zero attached hydrogens (tertiary/aromatic N) is 2. The van der Waals surface area contributed by atoms with Gasteiger partial charge in [-0.1, -0.05) is 37.3 Å². The zero-order valence-corrected chi connectivity index (χ0v) is 13.8. The lowest BCUT2D eigenvalue weighted by Crippen LogP contribution is -2.20. The van der Waals surface area contributed by atoms with E-state index < -0.39 is 0 Å². The van der Waals surface area contributed by atoms with Crippen molar-refractivity contribution in [2.24, 2.45) is 4.99 Å². The molecule has 1 heterocycles. The van der Waals surface area contributed by atoms with Crippen LogP contribution in [0.2, 0.25) is 0 Å². The third-order valence-electron chi connectivity index (χ3n) is 3.90. The lowest BCUT2D eigenvalue weighted by molar-refractivity contribution is 0.835. The lowest BCUT2D eigenvalue weighted by atomic mass is 10.1. The Morgan fingerprint density at radius 3 is 2.46 bits per heavy atom. The van der Waals surface area contributed by atoms with Gasteiger partial charge < -0.3 is 5.73 Å². The second kappa shape index (κ2) is 6.58. The second-order valence-corrected chi connectivity index (χ2v) is 5.56. The van der Waals surface area contributed by atoms with Crippen molar-refractivity contribution in [3.05, 3.63) is 76.2 Å². The lowest BCUT2D eigenvalue weighted by Gasteiger charge is -2.04. The number of benzene rings is 2. The van der Waals surface area contributed by atoms with E-state index in [0.717, 1.165) is 17.1 Å². The molecule has 0 aliphatic rings. The molecule has 3 aromatic rings. The highest BCUT2D eigenvalue weighted by atomic mass is 16.1. The van der Waals surface area contributed by atoms with Crippen molar-refractivity contribution in [2.75, 3.05) is 5.73 Å². The van der Waals surface area contributed by atoms with Gasteiger partial charge >= 0.3 is 0 Å². The van der Waals surface area contributed by atoms with Gasteiger partial charge in [-0.05, 0) is 37.6 Å². The summed E-state index contributed by atoms with van der Waals surface area (Å²) in [6.45, 7) is 3.87. The number of aromatic nitrogens is 2. The number of H-pyrrole nitrogens is 1. The summed E-state index contributed by atoms with van der Waals surface area (Å²) in [5, 5.41) is 3.14. The van der Waals surface area contributed by atoms with Crippen molar-refractivity contribution in [3.8, 4) is 5.69 Å². The molecule has 1 aromatic heterocycles. The zero-order valence-electron chi connectivity index (χ0n) is 13.8. The Kier molecular flexibility index (Phi) is 4.33. The van der Waals surface area contributed by atoms with Crippen LogP contribution in [0.1, 0.15) is 24.6 Å². The van der Waals surface area contributed by atoms with Crippen molar-refractivity contribution in [2.45, 2.75) is 20.3 Å². The molecule has 0 saturated carbocycles. The number of aliphatic imine (C=N–C) groups is 1. The number of nitrogens with two attached hydrogens (primary N) is 1. The minimum atomic E-state index is -0.103. The first-order valence-corrected chi connectivity index (χ1v) is 7.91. The average molecular weight is 320 g/mol. The minimum Gasteiger partial charge on any atom is -0.397 e. The normalized spacial score (nSPS) is 11.7. The smallest absolute Gasteiger partial charge is 0.280 e. The molecule has 0 atom stereocenters. The van der Waals surface area contributed by atoms with Crippen molar-refractivity contribution in [3.63, 3.8) is 0 Å². The molecule has 0 fully saturated rings. The first kappa shape index (κ1) is 15.8. The molecule has 0 radical (unpaired) electrons. The van der Waals surface area contributed by atoms with Crippen molar-refractivity contribution >= 4 is 17.1 Å². The molecule has 0 amide bonds. The number of rotatable bonds is 4. The monoisotopic (exact) mass is 320 g/mol. The van der Waals surface area contributed by atoms with Crippen LogP contribution in [0.15, 0.2) is 64.4 Å². The topological polar surface area (TPSA) is 76.2 Å². The van der Waals surface area contributed by atoms with E-state index in [1.54, 1.807) is 10.7 Å². The van der Waals surface area contributed by atoms with Gasteiger partial charge in [0, 0.05) is 5.69 Å². The van der Waals surface area contributed by atoms with Gasteiger partial charge in [0.05, 0.1) is 28.3 Å². The van der Waals surface area contributed by atoms with E-state index >= 15 is 0 Å². The van der Waals surface area contributed by atoms with Gasteiger partial charge in [0.1, 0.15) is 0 Å². The van der Waals surface area contributed by atoms with Crippen LogP contribution < -0.4 is 11.3 Å². The summed E-state index contributed by atoms with van der Waals surface area (Å²) in [7, 11) is 0. The summed E-state index contributed by atoms with van der Waals surface area (Å²) in [5.41, 5.74) is 10.1. The standard InChI is InChI=1S/C19H20N4O/c1-3-16(21-17-12-8-7-11-15(17)20)18-13(2)22-23(19(18)24)14-9-5-4-6-10-14/h4-12,22H,3,20H2,1-2H3. The van der Waals surface area contributed by atoms with E-state index in [9.17, 15) is 4.79 Å². The van der Waals surface area contributed by atoms with Crippen LogP contribution in [0.4, 0.5) is 11.4 Å². The predicted molar refractivity (Wildman–Crippen MR) is 98.5 cm³/mol. The van der Waals surface area contributed by atoms with Crippen molar-refractivity contribution < 1.29 is 0 Å². The Balaban J connectivity index is 2.13. The molecule has 0 aliphatic heterocycles. The summed E-state index contributed by atoms with van der Waals surface area (Å²) in [6.07, 6.45) is 0.636. The van der Waals surface area contributed by atoms with Crippen LogP contribution in [-0.4, -0.2) is 15.5 Å². The number of nitrogens with one attached hydrogen (secondary N) is 1. The fourth-order valence-corrected chi connectivity index (χ4v) is 2.69. The molecule has 0 unspecified atom stereocenters. The Morgan fingerprint density at radius 2 is 1.79 bits per heavy atom. The highest BCUT2D eigenvalue weighted by Gasteiger charge is 2.17. The summed E-state index contributed by atoms with van der Waals surface area (Å²) in [5.74, 6) is 0. The molecule has 24 heavy (non-hydrogen) atoms. The van der Waals surface area contributed by atoms with E-state index in [0.29, 0.717) is 23.4 Å². The van der Waals surface area contributed by atoms with E-state index in [4.69, 9.17) is 5.73 Å². The fraction of sp³-hybridized carbons (Fsp3) is 0.158. The molecule has 5 heteroatoms. The van der Waals surface area contributed by atoms with E-state index in [1.165, 1.54) is 0 Å². The van der Waals surface area contributed by atoms with Gasteiger partial charge in [-0.2, -0.15) is 0 Å². The third-order valence-corrected chi connectivity index (χ3v) is 3.90. The first-order valence-electron chi connectivity index (χ1n) is 7.91. The maximum Gasteiger partial charge on any atom is 0.280 e. The third kappa shape index (κ3) is 2.88. The Labute approximate surface area is 140 Å². The van der Waals surface area contributed by atoms with Gasteiger partial charge in [0.15, 0.2) is 0 Å². The van der Waals surface area contributed by atoms with Gasteiger partial charge in [-0.25, -0.2) is 4.68 Å². The minimum absolute atomic E-state index is 0.103. The highest BCUT2D eigenvalue weighted by Crippen LogP contribution is 2.22. The average Bonchev–Trinajstić information content (AvgIpc) is 2.90. The van der Waals surface area contributed by atoms with Crippen LogP contribution in [0.25, 0.3) is 5.69 Å². The largest absolute Gasteiger partial charge is 0.397 e. The number of hydrogen-bond donors (Lipinski definition) is 2. The number of hydrogen-bond acceptors (Lipinski definition) is 3. The van der Waals surface area contributed by atoms with Crippen LogP contribution in [0, 0.1) is 6.92 Å². The van der Waals surface area contributed by atoms with Crippen LogP contribution in [0.5, 0.6) is 0 Å². The van der Waals surface area contributed by atoms with E-state index in [2.05, 4.69) is 10.1 Å². The Bertz CT molecular complexity index is 936. The molecular weight excluding hydrogens is 300 g/mol. The zero-order chi connectivity index (χ0) is 17.1. The summed E-state index contributed by atoms with van der Waals surface area (Å²) in [6, 6.07) is 16.9. The first-order chi connectivity index (χ1) is 11.6. The predicted octanol–water partition coefficient (Wildman–Crippen LogP) is 3.59. The fourth-order valence-electron chi connectivity index (χ4n) is 2.69. The maximum atomic E-state index is 12.9. The molecule has 2 aromatic carbocycles. The molecular formula is C19H20N4O. The Morgan fingerprint density at radius 1 is 1.12 bits per heavy atom. The summed E-state index contributed by atoms with van der Waals surface area (Å²) < 4.78 is 1.55. The molecule has 0 bridgehead atoms. The molecule has 0 spiro atoms. The molecule has 5 nitrogen and oxygen atoms in total. The van der Waals surface area contributed by atoms with E-state index in [-0.39, 0.29) is 5.56 Å². The second-order valence-electron chi connectivity index (χ2n) is 5.56. The van der Waals surface area contributed by atoms with Crippen LogP contribution in [-0.2, 0) is 0 Å². The number of aryl methyl sites for hydroxylation is 1. The SMILES string of the molecule is CCC(=Nc1ccccc1N)c1c(C)[nH]n(-c2ccccc2)c1=O. The van der Waals surface area contributed by atoms with Gasteiger partial charge in [-0.3, -0.25) is 14.9 Å². The van der Waals surface area contributed by atoms with E-state index in [1.807, 2.05) is 62.4 Å². The summed E-state index contributed by atoms with van der Waals surface area (Å²) >= 11 is 0. The molecule has 3 rings (SSSR count). The van der Waals surface area contributed by atoms with Crippen molar-refractivity contribution in [1.82, 2.24) is 9.78 Å². The summed E-state index contributed by atoms with van der Waals surface area (Å²) in [4.78, 5) is 17.5. The van der Waals surface area contributed by atoms with Crippen LogP contribution in [0.3, 0.4) is 0 Å². The number of aromatic amines is 1. The number of anilines is 1. The van der Waals surface area contributed by atoms with Crippen LogP contribution >= 0.6 is 0 Å². The highest BCUT2D eigenvalue weighted by molar-refractivity contribution is 6.03. The number of para-hydroxylation sites is 3.